The average Bonchev–Trinajstić information content (AvgIpc) is 2.65. The van der Waals surface area contributed by atoms with Crippen LogP contribution in [0.15, 0.2) is 90.1 Å². The van der Waals surface area contributed by atoms with Crippen LogP contribution in [0.3, 0.4) is 0 Å². The molecule has 3 rings (SSSR count). The van der Waals surface area contributed by atoms with Crippen LogP contribution in [0.4, 0.5) is 0 Å². The maximum atomic E-state index is 9.59. The number of nitrogens with zero attached hydrogens (tertiary/aromatic N) is 1. The lowest BCUT2D eigenvalue weighted by atomic mass is 10.1. The Hall–Kier alpha value is -2.44. The van der Waals surface area contributed by atoms with Crippen LogP contribution in [0.1, 0.15) is 11.1 Å². The first kappa shape index (κ1) is 16.4. The molecular weight excluding hydrogens is 313 g/mol. The van der Waals surface area contributed by atoms with Gasteiger partial charge in [-0.05, 0) is 31.0 Å². The van der Waals surface area contributed by atoms with Crippen molar-refractivity contribution in [2.75, 3.05) is 6.16 Å². The van der Waals surface area contributed by atoms with E-state index in [1.807, 2.05) is 36.4 Å². The third-order valence-corrected chi connectivity index (χ3v) is 6.41. The van der Waals surface area contributed by atoms with Gasteiger partial charge < -0.3 is 5.21 Å². The van der Waals surface area contributed by atoms with E-state index in [2.05, 4.69) is 60.6 Å². The van der Waals surface area contributed by atoms with Gasteiger partial charge in [-0.1, -0.05) is 95.6 Å². The lowest BCUT2D eigenvalue weighted by Gasteiger charge is -2.19. The summed E-state index contributed by atoms with van der Waals surface area (Å²) in [5, 5.41) is 15.8. The highest BCUT2D eigenvalue weighted by atomic mass is 31.1. The van der Waals surface area contributed by atoms with Gasteiger partial charge in [0, 0.05) is 6.16 Å². The summed E-state index contributed by atoms with van der Waals surface area (Å²) < 4.78 is 0. The first-order valence-corrected chi connectivity index (χ1v) is 9.46. The fourth-order valence-electron chi connectivity index (χ4n) is 2.62. The summed E-state index contributed by atoms with van der Waals surface area (Å²) in [6.45, 7) is 2.06. The predicted molar refractivity (Wildman–Crippen MR) is 103 cm³/mol. The van der Waals surface area contributed by atoms with E-state index < -0.39 is 7.92 Å². The quantitative estimate of drug-likeness (QED) is 0.321. The summed E-state index contributed by atoms with van der Waals surface area (Å²) in [4.78, 5) is 0. The van der Waals surface area contributed by atoms with E-state index in [-0.39, 0.29) is 0 Å². The van der Waals surface area contributed by atoms with Gasteiger partial charge >= 0.3 is 0 Å². The molecule has 0 aromatic heterocycles. The molecule has 0 radical (unpaired) electrons. The van der Waals surface area contributed by atoms with Crippen LogP contribution >= 0.6 is 7.92 Å². The molecule has 120 valence electrons. The summed E-state index contributed by atoms with van der Waals surface area (Å²) in [6, 6.07) is 29.1. The van der Waals surface area contributed by atoms with E-state index in [0.29, 0.717) is 6.16 Å². The minimum Gasteiger partial charge on any atom is -0.411 e. The maximum Gasteiger partial charge on any atom is 0.0916 e. The van der Waals surface area contributed by atoms with Crippen LogP contribution in [-0.2, 0) is 0 Å². The molecule has 2 nitrogen and oxygen atoms in total. The molecule has 0 aliphatic heterocycles. The molecule has 3 aromatic carbocycles. The van der Waals surface area contributed by atoms with Crippen molar-refractivity contribution >= 4 is 24.2 Å². The Morgan fingerprint density at radius 2 is 1.29 bits per heavy atom. The number of hydrogen-bond donors (Lipinski definition) is 1. The zero-order valence-corrected chi connectivity index (χ0v) is 14.5. The van der Waals surface area contributed by atoms with E-state index in [0.717, 1.165) is 11.3 Å². The summed E-state index contributed by atoms with van der Waals surface area (Å²) >= 11 is 0. The second kappa shape index (κ2) is 7.90. The molecule has 0 amide bonds. The molecule has 3 aromatic rings. The minimum absolute atomic E-state index is 0.618. The van der Waals surface area contributed by atoms with E-state index in [4.69, 9.17) is 0 Å². The van der Waals surface area contributed by atoms with Crippen molar-refractivity contribution in [1.82, 2.24) is 0 Å². The zero-order valence-electron chi connectivity index (χ0n) is 13.6. The van der Waals surface area contributed by atoms with Crippen molar-refractivity contribution in [3.8, 4) is 0 Å². The van der Waals surface area contributed by atoms with Crippen molar-refractivity contribution in [2.45, 2.75) is 6.92 Å². The van der Waals surface area contributed by atoms with Crippen molar-refractivity contribution < 1.29 is 5.21 Å². The van der Waals surface area contributed by atoms with E-state index in [1.54, 1.807) is 0 Å². The molecule has 3 heteroatoms. The molecular formula is C21H20NOP. The third-order valence-electron chi connectivity index (χ3n) is 3.95. The fraction of sp³-hybridized carbons (Fsp3) is 0.0952. The zero-order chi connectivity index (χ0) is 16.8. The molecule has 0 atom stereocenters. The Kier molecular flexibility index (Phi) is 5.40. The van der Waals surface area contributed by atoms with Crippen LogP contribution in [0.25, 0.3) is 0 Å². The summed E-state index contributed by atoms with van der Waals surface area (Å²) in [6.07, 6.45) is 0.711. The Morgan fingerprint density at radius 3 is 1.75 bits per heavy atom. The van der Waals surface area contributed by atoms with Gasteiger partial charge in [0.25, 0.3) is 0 Å². The topological polar surface area (TPSA) is 32.6 Å². The minimum atomic E-state index is -0.618. The Bertz CT molecular complexity index is 759. The van der Waals surface area contributed by atoms with Crippen molar-refractivity contribution in [3.63, 3.8) is 0 Å². The van der Waals surface area contributed by atoms with Gasteiger partial charge in [0.05, 0.1) is 5.71 Å². The highest BCUT2D eigenvalue weighted by Gasteiger charge is 2.17. The first-order chi connectivity index (χ1) is 11.8. The SMILES string of the molecule is Cc1ccc(C(CP(c2ccccc2)c2ccccc2)=NO)cc1. The average molecular weight is 333 g/mol. The third kappa shape index (κ3) is 3.90. The van der Waals surface area contributed by atoms with Crippen LogP contribution < -0.4 is 10.6 Å². The summed E-state index contributed by atoms with van der Waals surface area (Å²) in [5.74, 6) is 0. The fourth-order valence-corrected chi connectivity index (χ4v) is 4.90. The molecule has 24 heavy (non-hydrogen) atoms. The highest BCUT2D eigenvalue weighted by Crippen LogP contribution is 2.34. The molecule has 0 heterocycles. The Balaban J connectivity index is 1.95. The summed E-state index contributed by atoms with van der Waals surface area (Å²) in [5.41, 5.74) is 2.90. The number of oxime groups is 1. The number of rotatable bonds is 5. The van der Waals surface area contributed by atoms with E-state index in [9.17, 15) is 5.21 Å². The number of aryl methyl sites for hydroxylation is 1. The van der Waals surface area contributed by atoms with Gasteiger partial charge in [0.2, 0.25) is 0 Å². The smallest absolute Gasteiger partial charge is 0.0916 e. The second-order valence-electron chi connectivity index (χ2n) is 5.67. The molecule has 0 bridgehead atoms. The number of benzene rings is 3. The first-order valence-electron chi connectivity index (χ1n) is 7.93. The lowest BCUT2D eigenvalue weighted by Crippen LogP contribution is -2.19. The van der Waals surface area contributed by atoms with Gasteiger partial charge in [-0.2, -0.15) is 0 Å². The molecule has 0 fully saturated rings. The van der Waals surface area contributed by atoms with Gasteiger partial charge in [-0.3, -0.25) is 0 Å². The molecule has 1 N–H and O–H groups in total. The standard InChI is InChI=1S/C21H20NOP/c1-17-12-14-18(15-13-17)21(22-23)16-24(19-8-4-2-5-9-19)20-10-6-3-7-11-20/h2-15,23H,16H2,1H3. The maximum absolute atomic E-state index is 9.59. The van der Waals surface area contributed by atoms with Crippen LogP contribution in [0.5, 0.6) is 0 Å². The van der Waals surface area contributed by atoms with E-state index >= 15 is 0 Å². The predicted octanol–water partition coefficient (Wildman–Crippen LogP) is 4.31. The lowest BCUT2D eigenvalue weighted by molar-refractivity contribution is 0.319. The van der Waals surface area contributed by atoms with Crippen LogP contribution in [-0.4, -0.2) is 17.1 Å². The van der Waals surface area contributed by atoms with Crippen molar-refractivity contribution in [2.24, 2.45) is 5.16 Å². The van der Waals surface area contributed by atoms with Crippen molar-refractivity contribution in [1.29, 1.82) is 0 Å². The van der Waals surface area contributed by atoms with Crippen molar-refractivity contribution in [3.05, 3.63) is 96.1 Å². The van der Waals surface area contributed by atoms with E-state index in [1.165, 1.54) is 16.2 Å². The number of hydrogen-bond acceptors (Lipinski definition) is 2. The Labute approximate surface area is 144 Å². The van der Waals surface area contributed by atoms with Gasteiger partial charge in [-0.15, -0.1) is 0 Å². The van der Waals surface area contributed by atoms with Crippen LogP contribution in [0, 0.1) is 6.92 Å². The highest BCUT2D eigenvalue weighted by molar-refractivity contribution is 7.73. The molecule has 0 aliphatic carbocycles. The van der Waals surface area contributed by atoms with Gasteiger partial charge in [0.15, 0.2) is 0 Å². The largest absolute Gasteiger partial charge is 0.411 e. The molecule has 0 saturated heterocycles. The molecule has 0 unspecified atom stereocenters. The molecule has 0 spiro atoms. The summed E-state index contributed by atoms with van der Waals surface area (Å²) in [7, 11) is -0.618. The molecule has 0 saturated carbocycles. The monoisotopic (exact) mass is 333 g/mol. The Morgan fingerprint density at radius 1 is 0.792 bits per heavy atom. The van der Waals surface area contributed by atoms with Gasteiger partial charge in [-0.25, -0.2) is 0 Å². The second-order valence-corrected chi connectivity index (χ2v) is 7.88. The molecule has 0 aliphatic rings. The van der Waals surface area contributed by atoms with Gasteiger partial charge in [0.1, 0.15) is 0 Å². The van der Waals surface area contributed by atoms with Crippen LogP contribution in [0.2, 0.25) is 0 Å². The normalized spacial score (nSPS) is 11.7.